The van der Waals surface area contributed by atoms with Gasteiger partial charge in [0.15, 0.2) is 5.78 Å². The maximum Gasteiger partial charge on any atom is 0.335 e. The average molecular weight is 308 g/mol. The summed E-state index contributed by atoms with van der Waals surface area (Å²) in [6, 6.07) is 9.69. The van der Waals surface area contributed by atoms with Crippen LogP contribution in [0.15, 0.2) is 42.7 Å². The van der Waals surface area contributed by atoms with Crippen molar-refractivity contribution in [1.82, 2.24) is 9.78 Å². The minimum absolute atomic E-state index is 0.0916. The van der Waals surface area contributed by atoms with Gasteiger partial charge in [-0.3, -0.25) is 14.0 Å². The Balaban J connectivity index is 2.03. The highest BCUT2D eigenvalue weighted by atomic mass is 31.2. The molecule has 0 radical (unpaired) electrons. The van der Waals surface area contributed by atoms with E-state index in [1.807, 2.05) is 30.3 Å². The van der Waals surface area contributed by atoms with Crippen LogP contribution in [0.3, 0.4) is 0 Å². The Morgan fingerprint density at radius 2 is 2.10 bits per heavy atom. The largest absolute Gasteiger partial charge is 0.335 e. The molecule has 1 aromatic heterocycles. The van der Waals surface area contributed by atoms with E-state index in [0.29, 0.717) is 12.1 Å². The van der Waals surface area contributed by atoms with Crippen LogP contribution in [0.1, 0.15) is 22.8 Å². The van der Waals surface area contributed by atoms with E-state index in [1.165, 1.54) is 6.20 Å². The van der Waals surface area contributed by atoms with Crippen molar-refractivity contribution in [2.75, 3.05) is 12.8 Å². The van der Waals surface area contributed by atoms with E-state index >= 15 is 0 Å². The Morgan fingerprint density at radius 3 is 2.76 bits per heavy atom. The zero-order chi connectivity index (χ0) is 15.3. The molecular formula is C14H17N2O4P. The van der Waals surface area contributed by atoms with Crippen LogP contribution in [0, 0.1) is 0 Å². The number of benzene rings is 1. The predicted octanol–water partition coefficient (Wildman–Crippen LogP) is 2.34. The van der Waals surface area contributed by atoms with Gasteiger partial charge in [0.25, 0.3) is 0 Å². The van der Waals surface area contributed by atoms with Gasteiger partial charge in [-0.15, -0.1) is 0 Å². The number of hydrogen-bond acceptors (Lipinski definition) is 4. The topological polar surface area (TPSA) is 81.4 Å². The van der Waals surface area contributed by atoms with E-state index in [1.54, 1.807) is 17.8 Å². The van der Waals surface area contributed by atoms with Gasteiger partial charge in [-0.05, 0) is 12.5 Å². The first-order chi connectivity index (χ1) is 10.00. The van der Waals surface area contributed by atoms with Gasteiger partial charge in [0, 0.05) is 6.20 Å². The first-order valence-electron chi connectivity index (χ1n) is 6.56. The van der Waals surface area contributed by atoms with Gasteiger partial charge in [0.2, 0.25) is 0 Å². The van der Waals surface area contributed by atoms with Crippen molar-refractivity contribution in [3.8, 4) is 0 Å². The molecule has 1 heterocycles. The SMILES string of the molecule is CCOP(=O)(O)CC(=O)c1cnn(Cc2ccccc2)c1. The second-order valence-corrected chi connectivity index (χ2v) is 6.40. The van der Waals surface area contributed by atoms with Gasteiger partial charge in [0.05, 0.1) is 24.9 Å². The Morgan fingerprint density at radius 1 is 1.38 bits per heavy atom. The number of aromatic nitrogens is 2. The smallest absolute Gasteiger partial charge is 0.324 e. The van der Waals surface area contributed by atoms with E-state index in [4.69, 9.17) is 0 Å². The van der Waals surface area contributed by atoms with Crippen molar-refractivity contribution >= 4 is 13.4 Å². The highest BCUT2D eigenvalue weighted by Gasteiger charge is 2.24. The van der Waals surface area contributed by atoms with Crippen molar-refractivity contribution in [2.45, 2.75) is 13.5 Å². The van der Waals surface area contributed by atoms with Crippen molar-refractivity contribution in [3.05, 3.63) is 53.9 Å². The Hall–Kier alpha value is -1.75. The minimum atomic E-state index is -3.86. The zero-order valence-corrected chi connectivity index (χ0v) is 12.6. The molecule has 21 heavy (non-hydrogen) atoms. The highest BCUT2D eigenvalue weighted by molar-refractivity contribution is 7.53. The normalized spacial score (nSPS) is 13.8. The molecule has 7 heteroatoms. The summed E-state index contributed by atoms with van der Waals surface area (Å²) in [6.45, 7) is 2.23. The second kappa shape index (κ2) is 6.80. The molecule has 0 bridgehead atoms. The van der Waals surface area contributed by atoms with Crippen LogP contribution >= 0.6 is 7.60 Å². The average Bonchev–Trinajstić information content (AvgIpc) is 2.88. The van der Waals surface area contributed by atoms with Gasteiger partial charge in [-0.25, -0.2) is 0 Å². The van der Waals surface area contributed by atoms with E-state index in [-0.39, 0.29) is 6.61 Å². The number of nitrogens with zero attached hydrogens (tertiary/aromatic N) is 2. The van der Waals surface area contributed by atoms with Gasteiger partial charge in [-0.1, -0.05) is 30.3 Å². The molecule has 0 aliphatic carbocycles. The molecule has 1 N–H and O–H groups in total. The van der Waals surface area contributed by atoms with Crippen molar-refractivity contribution < 1.29 is 18.8 Å². The number of carbonyl (C=O) groups is 1. The Bertz CT molecular complexity index is 654. The van der Waals surface area contributed by atoms with E-state index < -0.39 is 19.5 Å². The number of Topliss-reactive ketones (excluding diaryl/α,β-unsaturated/α-hetero) is 1. The summed E-state index contributed by atoms with van der Waals surface area (Å²) >= 11 is 0. The van der Waals surface area contributed by atoms with Crippen LogP contribution in [0.2, 0.25) is 0 Å². The maximum atomic E-state index is 11.9. The van der Waals surface area contributed by atoms with E-state index in [0.717, 1.165) is 5.56 Å². The summed E-state index contributed by atoms with van der Waals surface area (Å²) < 4.78 is 17.9. The van der Waals surface area contributed by atoms with Crippen LogP contribution in [0.5, 0.6) is 0 Å². The molecule has 2 rings (SSSR count). The Kier molecular flexibility index (Phi) is 5.07. The summed E-state index contributed by atoms with van der Waals surface area (Å²) in [5, 5.41) is 4.09. The number of ketones is 1. The molecule has 0 saturated heterocycles. The third-order valence-corrected chi connectivity index (χ3v) is 4.17. The lowest BCUT2D eigenvalue weighted by Gasteiger charge is -2.08. The minimum Gasteiger partial charge on any atom is -0.324 e. The third kappa shape index (κ3) is 4.63. The fourth-order valence-electron chi connectivity index (χ4n) is 1.88. The second-order valence-electron chi connectivity index (χ2n) is 4.55. The fraction of sp³-hybridized carbons (Fsp3) is 0.286. The summed E-state index contributed by atoms with van der Waals surface area (Å²) in [6.07, 6.45) is 2.44. The molecule has 1 unspecified atom stereocenters. The summed E-state index contributed by atoms with van der Waals surface area (Å²) in [5.74, 6) is -0.450. The van der Waals surface area contributed by atoms with Crippen molar-refractivity contribution in [2.24, 2.45) is 0 Å². The molecule has 0 amide bonds. The molecular weight excluding hydrogens is 291 g/mol. The number of rotatable bonds is 7. The number of hydrogen-bond donors (Lipinski definition) is 1. The molecule has 112 valence electrons. The monoisotopic (exact) mass is 308 g/mol. The van der Waals surface area contributed by atoms with Gasteiger partial charge in [-0.2, -0.15) is 5.10 Å². The maximum absolute atomic E-state index is 11.9. The fourth-order valence-corrected chi connectivity index (χ4v) is 2.92. The quantitative estimate of drug-likeness (QED) is 0.627. The highest BCUT2D eigenvalue weighted by Crippen LogP contribution is 2.41. The molecule has 0 aliphatic rings. The van der Waals surface area contributed by atoms with Gasteiger partial charge >= 0.3 is 7.60 Å². The molecule has 1 atom stereocenters. The van der Waals surface area contributed by atoms with Crippen molar-refractivity contribution in [3.63, 3.8) is 0 Å². The van der Waals surface area contributed by atoms with Gasteiger partial charge in [0.1, 0.15) is 6.16 Å². The lowest BCUT2D eigenvalue weighted by Crippen LogP contribution is -2.07. The molecule has 0 aliphatic heterocycles. The summed E-state index contributed by atoms with van der Waals surface area (Å²) in [7, 11) is -3.86. The predicted molar refractivity (Wildman–Crippen MR) is 78.4 cm³/mol. The third-order valence-electron chi connectivity index (χ3n) is 2.82. The van der Waals surface area contributed by atoms with Crippen LogP contribution in [0.4, 0.5) is 0 Å². The van der Waals surface area contributed by atoms with Crippen LogP contribution in [0.25, 0.3) is 0 Å². The van der Waals surface area contributed by atoms with E-state index in [9.17, 15) is 14.3 Å². The van der Waals surface area contributed by atoms with Crippen LogP contribution in [-0.4, -0.2) is 33.2 Å². The molecule has 6 nitrogen and oxygen atoms in total. The lowest BCUT2D eigenvalue weighted by molar-refractivity contribution is 0.101. The first kappa shape index (κ1) is 15.6. The first-order valence-corrected chi connectivity index (χ1v) is 8.32. The standard InChI is InChI=1S/C14H17N2O4P/c1-2-20-21(18,19)11-14(17)13-8-15-16(10-13)9-12-6-4-3-5-7-12/h3-8,10H,2,9,11H2,1H3,(H,18,19). The molecule has 2 aromatic rings. The lowest BCUT2D eigenvalue weighted by atomic mass is 10.2. The summed E-state index contributed by atoms with van der Waals surface area (Å²) in [5.41, 5.74) is 1.36. The Labute approximate surface area is 122 Å². The van der Waals surface area contributed by atoms with Gasteiger partial charge < -0.3 is 9.42 Å². The molecule has 0 fully saturated rings. The van der Waals surface area contributed by atoms with Crippen LogP contribution < -0.4 is 0 Å². The molecule has 0 spiro atoms. The summed E-state index contributed by atoms with van der Waals surface area (Å²) in [4.78, 5) is 21.4. The zero-order valence-electron chi connectivity index (χ0n) is 11.7. The van der Waals surface area contributed by atoms with Crippen LogP contribution in [-0.2, 0) is 15.6 Å². The molecule has 0 saturated carbocycles. The van der Waals surface area contributed by atoms with Crippen molar-refractivity contribution in [1.29, 1.82) is 0 Å². The number of carbonyl (C=O) groups excluding carboxylic acids is 1. The molecule has 1 aromatic carbocycles. The van der Waals surface area contributed by atoms with E-state index in [2.05, 4.69) is 9.62 Å².